The van der Waals surface area contributed by atoms with E-state index < -0.39 is 5.97 Å². The maximum absolute atomic E-state index is 12.6. The Kier molecular flexibility index (Phi) is 5.61. The summed E-state index contributed by atoms with van der Waals surface area (Å²) in [5.41, 5.74) is 2.42. The average Bonchev–Trinajstić information content (AvgIpc) is 2.68. The molecule has 0 aliphatic heterocycles. The molecule has 0 aliphatic rings. The van der Waals surface area contributed by atoms with Crippen molar-refractivity contribution in [3.63, 3.8) is 0 Å². The summed E-state index contributed by atoms with van der Waals surface area (Å²) < 4.78 is 6.29. The Bertz CT molecular complexity index is 982. The molecule has 7 nitrogen and oxygen atoms in total. The number of carbonyl (C=O) groups is 1. The van der Waals surface area contributed by atoms with E-state index in [-0.39, 0.29) is 17.9 Å². The van der Waals surface area contributed by atoms with Gasteiger partial charge in [0, 0.05) is 12.3 Å². The van der Waals surface area contributed by atoms with Crippen LogP contribution in [-0.4, -0.2) is 27.3 Å². The van der Waals surface area contributed by atoms with Gasteiger partial charge in [0.25, 0.3) is 5.56 Å². The molecule has 1 N–H and O–H groups in total. The highest BCUT2D eigenvalue weighted by Gasteiger charge is 2.18. The highest BCUT2D eigenvalue weighted by atomic mass is 16.5. The second kappa shape index (κ2) is 8.27. The Morgan fingerprint density at radius 2 is 1.96 bits per heavy atom. The molecule has 138 valence electrons. The number of aryl methyl sites for hydroxylation is 1. The first-order valence-electron chi connectivity index (χ1n) is 8.61. The Hall–Kier alpha value is -3.48. The average molecular weight is 364 g/mol. The molecule has 0 radical (unpaired) electrons. The number of aromatic nitrogens is 3. The molecular formula is C20H20N4O3. The maximum atomic E-state index is 12.6. The van der Waals surface area contributed by atoms with Crippen molar-refractivity contribution < 1.29 is 9.53 Å². The highest BCUT2D eigenvalue weighted by Crippen LogP contribution is 2.15. The molecular weight excluding hydrogens is 344 g/mol. The van der Waals surface area contributed by atoms with Gasteiger partial charge in [-0.05, 0) is 38.1 Å². The van der Waals surface area contributed by atoms with Crippen LogP contribution in [0.15, 0.2) is 59.5 Å². The molecule has 0 atom stereocenters. The van der Waals surface area contributed by atoms with Crippen LogP contribution in [0.1, 0.15) is 28.7 Å². The van der Waals surface area contributed by atoms with Gasteiger partial charge in [-0.15, -0.1) is 0 Å². The number of anilines is 1. The van der Waals surface area contributed by atoms with E-state index in [1.165, 1.54) is 10.7 Å². The number of nitrogens with zero attached hydrogens (tertiary/aromatic N) is 3. The van der Waals surface area contributed by atoms with Gasteiger partial charge in [-0.2, -0.15) is 9.78 Å². The summed E-state index contributed by atoms with van der Waals surface area (Å²) in [4.78, 5) is 29.2. The minimum absolute atomic E-state index is 0.0490. The number of ether oxygens (including phenoxy) is 1. The van der Waals surface area contributed by atoms with Crippen molar-refractivity contribution in [2.24, 2.45) is 0 Å². The fourth-order valence-corrected chi connectivity index (χ4v) is 2.50. The van der Waals surface area contributed by atoms with Gasteiger partial charge in [-0.1, -0.05) is 23.8 Å². The van der Waals surface area contributed by atoms with Crippen molar-refractivity contribution in [2.75, 3.05) is 11.9 Å². The number of carbonyl (C=O) groups excluding carboxylic acids is 1. The lowest BCUT2D eigenvalue weighted by atomic mass is 10.2. The van der Waals surface area contributed by atoms with Gasteiger partial charge in [-0.25, -0.2) is 4.79 Å². The molecule has 0 saturated carbocycles. The van der Waals surface area contributed by atoms with Crippen LogP contribution in [0, 0.1) is 6.92 Å². The van der Waals surface area contributed by atoms with E-state index in [4.69, 9.17) is 4.74 Å². The second-order valence-corrected chi connectivity index (χ2v) is 5.89. The van der Waals surface area contributed by atoms with Crippen molar-refractivity contribution in [1.29, 1.82) is 0 Å². The number of nitrogens with one attached hydrogen (secondary N) is 1. The lowest BCUT2D eigenvalue weighted by Gasteiger charge is -2.13. The van der Waals surface area contributed by atoms with Crippen molar-refractivity contribution >= 4 is 11.7 Å². The van der Waals surface area contributed by atoms with Crippen molar-refractivity contribution in [3.8, 4) is 5.69 Å². The molecule has 0 amide bonds. The molecule has 27 heavy (non-hydrogen) atoms. The zero-order chi connectivity index (χ0) is 19.2. The lowest BCUT2D eigenvalue weighted by Crippen LogP contribution is -2.26. The summed E-state index contributed by atoms with van der Waals surface area (Å²) in [6, 6.07) is 14.2. The van der Waals surface area contributed by atoms with E-state index >= 15 is 0 Å². The van der Waals surface area contributed by atoms with Gasteiger partial charge in [-0.3, -0.25) is 9.78 Å². The lowest BCUT2D eigenvalue weighted by molar-refractivity contribution is 0.0518. The van der Waals surface area contributed by atoms with Crippen LogP contribution in [0.2, 0.25) is 0 Å². The standard InChI is InChI=1S/C20H20N4O3/c1-3-27-20(26)19-17(22-13-15-6-4-5-11-21-15)12-18(25)24(23-19)16-9-7-14(2)8-10-16/h4-12,22H,3,13H2,1-2H3. The van der Waals surface area contributed by atoms with Crippen LogP contribution in [-0.2, 0) is 11.3 Å². The Balaban J connectivity index is 1.99. The predicted molar refractivity (Wildman–Crippen MR) is 102 cm³/mol. The monoisotopic (exact) mass is 364 g/mol. The van der Waals surface area contributed by atoms with Gasteiger partial charge in [0.05, 0.1) is 30.2 Å². The molecule has 0 bridgehead atoms. The summed E-state index contributed by atoms with van der Waals surface area (Å²) in [7, 11) is 0. The first-order chi connectivity index (χ1) is 13.1. The summed E-state index contributed by atoms with van der Waals surface area (Å²) in [5.74, 6) is -0.595. The van der Waals surface area contributed by atoms with Gasteiger partial charge < -0.3 is 10.1 Å². The van der Waals surface area contributed by atoms with Crippen LogP contribution in [0.25, 0.3) is 5.69 Å². The second-order valence-electron chi connectivity index (χ2n) is 5.89. The maximum Gasteiger partial charge on any atom is 0.360 e. The van der Waals surface area contributed by atoms with Crippen molar-refractivity contribution in [2.45, 2.75) is 20.4 Å². The van der Waals surface area contributed by atoms with E-state index in [1.54, 1.807) is 25.3 Å². The molecule has 2 heterocycles. The smallest absolute Gasteiger partial charge is 0.360 e. The SMILES string of the molecule is CCOC(=O)c1nn(-c2ccc(C)cc2)c(=O)cc1NCc1ccccn1. The van der Waals surface area contributed by atoms with Crippen LogP contribution < -0.4 is 10.9 Å². The Labute approximate surface area is 156 Å². The molecule has 7 heteroatoms. The van der Waals surface area contributed by atoms with Crippen LogP contribution >= 0.6 is 0 Å². The van der Waals surface area contributed by atoms with Crippen LogP contribution in [0.3, 0.4) is 0 Å². The largest absolute Gasteiger partial charge is 0.461 e. The minimum Gasteiger partial charge on any atom is -0.461 e. The molecule has 3 rings (SSSR count). The molecule has 1 aromatic carbocycles. The van der Waals surface area contributed by atoms with Crippen LogP contribution in [0.4, 0.5) is 5.69 Å². The third-order valence-electron chi connectivity index (χ3n) is 3.87. The zero-order valence-electron chi connectivity index (χ0n) is 15.2. The number of benzene rings is 1. The summed E-state index contributed by atoms with van der Waals surface area (Å²) in [6.07, 6.45) is 1.68. The first-order valence-corrected chi connectivity index (χ1v) is 8.61. The van der Waals surface area contributed by atoms with Crippen molar-refractivity contribution in [3.05, 3.63) is 82.0 Å². The number of pyridine rings is 1. The molecule has 3 aromatic rings. The summed E-state index contributed by atoms with van der Waals surface area (Å²) in [6.45, 7) is 4.23. The molecule has 0 unspecified atom stereocenters. The molecule has 2 aromatic heterocycles. The minimum atomic E-state index is -0.595. The molecule has 0 aliphatic carbocycles. The predicted octanol–water partition coefficient (Wildman–Crippen LogP) is 2.72. The Morgan fingerprint density at radius 3 is 2.63 bits per heavy atom. The number of rotatable bonds is 6. The van der Waals surface area contributed by atoms with Gasteiger partial charge >= 0.3 is 5.97 Å². The molecule has 0 spiro atoms. The fraction of sp³-hybridized carbons (Fsp3) is 0.200. The topological polar surface area (TPSA) is 86.1 Å². The number of esters is 1. The van der Waals surface area contributed by atoms with E-state index in [0.717, 1.165) is 11.3 Å². The third-order valence-corrected chi connectivity index (χ3v) is 3.87. The molecule has 0 saturated heterocycles. The van der Waals surface area contributed by atoms with Gasteiger partial charge in [0.15, 0.2) is 5.69 Å². The van der Waals surface area contributed by atoms with E-state index in [1.807, 2.05) is 37.3 Å². The summed E-state index contributed by atoms with van der Waals surface area (Å²) in [5, 5.41) is 7.31. The zero-order valence-corrected chi connectivity index (χ0v) is 15.2. The first kappa shape index (κ1) is 18.3. The van der Waals surface area contributed by atoms with E-state index in [0.29, 0.717) is 17.9 Å². The number of hydrogen-bond acceptors (Lipinski definition) is 6. The third kappa shape index (κ3) is 4.38. The fourth-order valence-electron chi connectivity index (χ4n) is 2.50. The Morgan fingerprint density at radius 1 is 1.19 bits per heavy atom. The quantitative estimate of drug-likeness (QED) is 0.677. The highest BCUT2D eigenvalue weighted by molar-refractivity contribution is 5.93. The van der Waals surface area contributed by atoms with E-state index in [9.17, 15) is 9.59 Å². The molecule has 0 fully saturated rings. The normalized spacial score (nSPS) is 10.4. The van der Waals surface area contributed by atoms with Crippen LogP contribution in [0.5, 0.6) is 0 Å². The van der Waals surface area contributed by atoms with Crippen molar-refractivity contribution in [1.82, 2.24) is 14.8 Å². The van der Waals surface area contributed by atoms with Gasteiger partial charge in [0.2, 0.25) is 0 Å². The number of hydrogen-bond donors (Lipinski definition) is 1. The summed E-state index contributed by atoms with van der Waals surface area (Å²) >= 11 is 0. The van der Waals surface area contributed by atoms with Gasteiger partial charge in [0.1, 0.15) is 0 Å². The van der Waals surface area contributed by atoms with E-state index in [2.05, 4.69) is 15.4 Å².